The zero-order valence-electron chi connectivity index (χ0n) is 12.9. The van der Waals surface area contributed by atoms with Gasteiger partial charge in [0.2, 0.25) is 5.91 Å². The van der Waals surface area contributed by atoms with Crippen molar-refractivity contribution in [3.8, 4) is 0 Å². The van der Waals surface area contributed by atoms with E-state index in [-0.39, 0.29) is 17.9 Å². The predicted molar refractivity (Wildman–Crippen MR) is 84.8 cm³/mol. The molecule has 114 valence electrons. The van der Waals surface area contributed by atoms with Gasteiger partial charge in [0.1, 0.15) is 11.3 Å². The molecule has 1 aromatic heterocycles. The Morgan fingerprint density at radius 3 is 2.62 bits per heavy atom. The molecule has 0 aliphatic rings. The van der Waals surface area contributed by atoms with Gasteiger partial charge in [-0.15, -0.1) is 0 Å². The first-order chi connectivity index (χ1) is 10.0. The van der Waals surface area contributed by atoms with Crippen molar-refractivity contribution in [2.45, 2.75) is 33.2 Å². The van der Waals surface area contributed by atoms with E-state index in [1.165, 1.54) is 0 Å². The van der Waals surface area contributed by atoms with Gasteiger partial charge in [-0.3, -0.25) is 4.79 Å². The van der Waals surface area contributed by atoms with Gasteiger partial charge in [0.05, 0.1) is 12.0 Å². The number of carbonyl (C=O) groups is 1. The minimum absolute atomic E-state index is 0.000781. The minimum atomic E-state index is -0.161. The molecule has 0 aliphatic carbocycles. The van der Waals surface area contributed by atoms with E-state index in [9.17, 15) is 4.79 Å². The van der Waals surface area contributed by atoms with E-state index in [1.807, 2.05) is 37.3 Å². The van der Waals surface area contributed by atoms with E-state index in [0.29, 0.717) is 12.5 Å². The number of carbonyl (C=O) groups excluding carboxylic acids is 1. The van der Waals surface area contributed by atoms with Gasteiger partial charge >= 0.3 is 0 Å². The summed E-state index contributed by atoms with van der Waals surface area (Å²) in [5.74, 6) is 1.08. The van der Waals surface area contributed by atoms with Crippen LogP contribution in [-0.2, 0) is 4.79 Å². The smallest absolute Gasteiger partial charge is 0.224 e. The van der Waals surface area contributed by atoms with Crippen molar-refractivity contribution in [1.82, 2.24) is 5.32 Å². The molecule has 2 rings (SSSR count). The van der Waals surface area contributed by atoms with Gasteiger partial charge in [0, 0.05) is 11.9 Å². The molecule has 3 N–H and O–H groups in total. The van der Waals surface area contributed by atoms with Crippen molar-refractivity contribution in [2.24, 2.45) is 17.6 Å². The fraction of sp³-hybridized carbons (Fsp3) is 0.471. The lowest BCUT2D eigenvalue weighted by Gasteiger charge is -2.19. The highest BCUT2D eigenvalue weighted by Crippen LogP contribution is 2.24. The number of benzene rings is 1. The van der Waals surface area contributed by atoms with E-state index in [4.69, 9.17) is 10.2 Å². The molecule has 1 aromatic carbocycles. The SMILES string of the molecule is CC(C)CC(CN)C(=O)NC(C)c1cc2ccccc2o1. The van der Waals surface area contributed by atoms with Crippen LogP contribution in [0.4, 0.5) is 0 Å². The summed E-state index contributed by atoms with van der Waals surface area (Å²) in [5, 5.41) is 4.05. The molecule has 1 amide bonds. The first kappa shape index (κ1) is 15.6. The number of nitrogens with one attached hydrogen (secondary N) is 1. The van der Waals surface area contributed by atoms with Crippen molar-refractivity contribution in [1.29, 1.82) is 0 Å². The number of nitrogens with two attached hydrogens (primary N) is 1. The van der Waals surface area contributed by atoms with Crippen LogP contribution in [0, 0.1) is 11.8 Å². The number of para-hydroxylation sites is 1. The van der Waals surface area contributed by atoms with Crippen molar-refractivity contribution < 1.29 is 9.21 Å². The van der Waals surface area contributed by atoms with E-state index in [0.717, 1.165) is 23.2 Å². The number of furan rings is 1. The molecule has 0 spiro atoms. The van der Waals surface area contributed by atoms with E-state index in [2.05, 4.69) is 19.2 Å². The largest absolute Gasteiger partial charge is 0.459 e. The van der Waals surface area contributed by atoms with Crippen LogP contribution in [0.1, 0.15) is 39.0 Å². The van der Waals surface area contributed by atoms with Crippen LogP contribution in [0.3, 0.4) is 0 Å². The summed E-state index contributed by atoms with van der Waals surface area (Å²) in [5.41, 5.74) is 6.55. The Balaban J connectivity index is 2.06. The zero-order chi connectivity index (χ0) is 15.4. The Hall–Kier alpha value is -1.81. The molecule has 2 atom stereocenters. The van der Waals surface area contributed by atoms with Crippen molar-refractivity contribution >= 4 is 16.9 Å². The van der Waals surface area contributed by atoms with Gasteiger partial charge in [-0.2, -0.15) is 0 Å². The molecule has 4 heteroatoms. The molecule has 1 heterocycles. The third kappa shape index (κ3) is 3.85. The van der Waals surface area contributed by atoms with Crippen LogP contribution < -0.4 is 11.1 Å². The summed E-state index contributed by atoms with van der Waals surface area (Å²) >= 11 is 0. The average molecular weight is 288 g/mol. The van der Waals surface area contributed by atoms with Crippen LogP contribution in [0.15, 0.2) is 34.7 Å². The number of amides is 1. The molecular formula is C17H24N2O2. The molecule has 0 aliphatic heterocycles. The van der Waals surface area contributed by atoms with Crippen LogP contribution >= 0.6 is 0 Å². The van der Waals surface area contributed by atoms with Crippen molar-refractivity contribution in [3.63, 3.8) is 0 Å². The Morgan fingerprint density at radius 1 is 1.29 bits per heavy atom. The lowest BCUT2D eigenvalue weighted by Crippen LogP contribution is -2.37. The standard InChI is InChI=1S/C17H24N2O2/c1-11(2)8-14(10-18)17(20)19-12(3)16-9-13-6-4-5-7-15(13)21-16/h4-7,9,11-12,14H,8,10,18H2,1-3H3,(H,19,20). The third-order valence-corrected chi connectivity index (χ3v) is 3.64. The van der Waals surface area contributed by atoms with E-state index >= 15 is 0 Å². The topological polar surface area (TPSA) is 68.3 Å². The van der Waals surface area contributed by atoms with Gasteiger partial charge in [-0.25, -0.2) is 0 Å². The fourth-order valence-corrected chi connectivity index (χ4v) is 2.50. The number of rotatable bonds is 6. The van der Waals surface area contributed by atoms with Crippen LogP contribution in [0.2, 0.25) is 0 Å². The van der Waals surface area contributed by atoms with Crippen molar-refractivity contribution in [3.05, 3.63) is 36.1 Å². The summed E-state index contributed by atoms with van der Waals surface area (Å²) in [4.78, 5) is 12.3. The minimum Gasteiger partial charge on any atom is -0.459 e. The van der Waals surface area contributed by atoms with Gasteiger partial charge in [0.15, 0.2) is 0 Å². The lowest BCUT2D eigenvalue weighted by atomic mass is 9.96. The Morgan fingerprint density at radius 2 is 2.00 bits per heavy atom. The molecule has 0 radical (unpaired) electrons. The highest BCUT2D eigenvalue weighted by molar-refractivity contribution is 5.80. The van der Waals surface area contributed by atoms with Crippen LogP contribution in [-0.4, -0.2) is 12.5 Å². The maximum atomic E-state index is 12.3. The van der Waals surface area contributed by atoms with Gasteiger partial charge < -0.3 is 15.5 Å². The predicted octanol–water partition coefficient (Wildman–Crippen LogP) is 3.23. The fourth-order valence-electron chi connectivity index (χ4n) is 2.50. The molecular weight excluding hydrogens is 264 g/mol. The monoisotopic (exact) mass is 288 g/mol. The average Bonchev–Trinajstić information content (AvgIpc) is 2.88. The molecule has 2 aromatic rings. The summed E-state index contributed by atoms with van der Waals surface area (Å²) in [6.07, 6.45) is 0.801. The Bertz CT molecular complexity index is 571. The van der Waals surface area contributed by atoms with E-state index in [1.54, 1.807) is 0 Å². The summed E-state index contributed by atoms with van der Waals surface area (Å²) < 4.78 is 5.78. The number of hydrogen-bond acceptors (Lipinski definition) is 3. The molecule has 0 saturated heterocycles. The quantitative estimate of drug-likeness (QED) is 0.857. The van der Waals surface area contributed by atoms with Gasteiger partial charge in [-0.1, -0.05) is 32.0 Å². The second-order valence-electron chi connectivity index (χ2n) is 5.98. The molecule has 4 nitrogen and oxygen atoms in total. The first-order valence-electron chi connectivity index (χ1n) is 7.50. The second-order valence-corrected chi connectivity index (χ2v) is 5.98. The normalized spacial score (nSPS) is 14.3. The summed E-state index contributed by atoms with van der Waals surface area (Å²) in [6, 6.07) is 9.64. The first-order valence-corrected chi connectivity index (χ1v) is 7.50. The summed E-state index contributed by atoms with van der Waals surface area (Å²) in [7, 11) is 0. The second kappa shape index (κ2) is 6.76. The highest BCUT2D eigenvalue weighted by atomic mass is 16.3. The maximum Gasteiger partial charge on any atom is 0.224 e. The maximum absolute atomic E-state index is 12.3. The Kier molecular flexibility index (Phi) is 5.02. The summed E-state index contributed by atoms with van der Waals surface area (Å²) in [6.45, 7) is 6.49. The Labute approximate surface area is 125 Å². The van der Waals surface area contributed by atoms with Crippen molar-refractivity contribution in [2.75, 3.05) is 6.54 Å². The third-order valence-electron chi connectivity index (χ3n) is 3.64. The molecule has 0 fully saturated rings. The van der Waals surface area contributed by atoms with Crippen LogP contribution in [0.25, 0.3) is 11.0 Å². The van der Waals surface area contributed by atoms with Gasteiger partial charge in [-0.05, 0) is 31.4 Å². The molecule has 0 saturated carbocycles. The molecule has 21 heavy (non-hydrogen) atoms. The zero-order valence-corrected chi connectivity index (χ0v) is 12.9. The highest BCUT2D eigenvalue weighted by Gasteiger charge is 2.21. The number of fused-ring (bicyclic) bond motifs is 1. The van der Waals surface area contributed by atoms with Crippen LogP contribution in [0.5, 0.6) is 0 Å². The molecule has 0 bridgehead atoms. The molecule has 2 unspecified atom stereocenters. The van der Waals surface area contributed by atoms with Gasteiger partial charge in [0.25, 0.3) is 0 Å². The van der Waals surface area contributed by atoms with E-state index < -0.39 is 0 Å². The lowest BCUT2D eigenvalue weighted by molar-refractivity contribution is -0.126. The number of hydrogen-bond donors (Lipinski definition) is 2.